The summed E-state index contributed by atoms with van der Waals surface area (Å²) in [5.74, 6) is -0.275. The van der Waals surface area contributed by atoms with E-state index in [4.69, 9.17) is 0 Å². The molecule has 0 atom stereocenters. The standard InChI is InChI=1S/C13H18N2O2/c1-10(2)15(11(3)16)9-13(17)14-12-7-5-4-6-8-12/h4-8,10H,9H2,1-3H3,(H,14,17). The molecule has 0 fully saturated rings. The van der Waals surface area contributed by atoms with Gasteiger partial charge in [-0.25, -0.2) is 0 Å². The molecule has 0 aliphatic heterocycles. The van der Waals surface area contributed by atoms with E-state index in [-0.39, 0.29) is 24.4 Å². The van der Waals surface area contributed by atoms with Crippen LogP contribution in [0.2, 0.25) is 0 Å². The minimum atomic E-state index is -0.180. The number of carbonyl (C=O) groups is 2. The summed E-state index contributed by atoms with van der Waals surface area (Å²) in [6.45, 7) is 5.33. The Morgan fingerprint density at radius 3 is 2.29 bits per heavy atom. The summed E-state index contributed by atoms with van der Waals surface area (Å²) in [6, 6.07) is 9.22. The van der Waals surface area contributed by atoms with Crippen LogP contribution in [-0.4, -0.2) is 29.3 Å². The highest BCUT2D eigenvalue weighted by molar-refractivity contribution is 5.94. The monoisotopic (exact) mass is 234 g/mol. The normalized spacial score (nSPS) is 10.1. The molecule has 0 aliphatic rings. The number of hydrogen-bond donors (Lipinski definition) is 1. The summed E-state index contributed by atoms with van der Waals surface area (Å²) in [6.07, 6.45) is 0. The number of benzene rings is 1. The van der Waals surface area contributed by atoms with Gasteiger partial charge in [-0.15, -0.1) is 0 Å². The third-order valence-electron chi connectivity index (χ3n) is 2.40. The molecule has 17 heavy (non-hydrogen) atoms. The maximum absolute atomic E-state index is 11.7. The van der Waals surface area contributed by atoms with Crippen molar-refractivity contribution in [1.82, 2.24) is 4.90 Å². The number of carbonyl (C=O) groups excluding carboxylic acids is 2. The number of anilines is 1. The van der Waals surface area contributed by atoms with Gasteiger partial charge >= 0.3 is 0 Å². The zero-order valence-electron chi connectivity index (χ0n) is 10.4. The first kappa shape index (κ1) is 13.2. The molecule has 1 aromatic rings. The second kappa shape index (κ2) is 6.03. The van der Waals surface area contributed by atoms with Crippen LogP contribution in [0.1, 0.15) is 20.8 Å². The summed E-state index contributed by atoms with van der Waals surface area (Å²) in [5.41, 5.74) is 0.741. The molecule has 0 bridgehead atoms. The molecule has 1 aromatic carbocycles. The van der Waals surface area contributed by atoms with Gasteiger partial charge in [0, 0.05) is 18.7 Å². The Morgan fingerprint density at radius 1 is 1.24 bits per heavy atom. The van der Waals surface area contributed by atoms with E-state index in [0.29, 0.717) is 0 Å². The Hall–Kier alpha value is -1.84. The van der Waals surface area contributed by atoms with E-state index in [0.717, 1.165) is 5.69 Å². The van der Waals surface area contributed by atoms with Crippen LogP contribution in [0.4, 0.5) is 5.69 Å². The van der Waals surface area contributed by atoms with Gasteiger partial charge in [0.05, 0.1) is 0 Å². The van der Waals surface area contributed by atoms with Gasteiger partial charge in [0.25, 0.3) is 0 Å². The molecule has 0 radical (unpaired) electrons. The highest BCUT2D eigenvalue weighted by Gasteiger charge is 2.16. The minimum Gasteiger partial charge on any atom is -0.331 e. The van der Waals surface area contributed by atoms with E-state index in [1.165, 1.54) is 11.8 Å². The average molecular weight is 234 g/mol. The Labute approximate surface area is 102 Å². The van der Waals surface area contributed by atoms with Crippen molar-refractivity contribution >= 4 is 17.5 Å². The van der Waals surface area contributed by atoms with Crippen molar-refractivity contribution in [1.29, 1.82) is 0 Å². The zero-order valence-corrected chi connectivity index (χ0v) is 10.4. The van der Waals surface area contributed by atoms with Crippen molar-refractivity contribution in [2.24, 2.45) is 0 Å². The molecule has 2 amide bonds. The quantitative estimate of drug-likeness (QED) is 0.864. The summed E-state index contributed by atoms with van der Waals surface area (Å²) < 4.78 is 0. The highest BCUT2D eigenvalue weighted by atomic mass is 16.2. The third-order valence-corrected chi connectivity index (χ3v) is 2.40. The molecule has 4 heteroatoms. The van der Waals surface area contributed by atoms with Gasteiger partial charge < -0.3 is 10.2 Å². The molecule has 0 saturated heterocycles. The maximum Gasteiger partial charge on any atom is 0.244 e. The van der Waals surface area contributed by atoms with E-state index in [1.54, 1.807) is 0 Å². The van der Waals surface area contributed by atoms with Crippen LogP contribution >= 0.6 is 0 Å². The predicted octanol–water partition coefficient (Wildman–Crippen LogP) is 1.88. The van der Waals surface area contributed by atoms with Crippen LogP contribution in [0.5, 0.6) is 0 Å². The van der Waals surface area contributed by atoms with E-state index in [1.807, 2.05) is 44.2 Å². The lowest BCUT2D eigenvalue weighted by atomic mass is 10.3. The van der Waals surface area contributed by atoms with Gasteiger partial charge in [0.2, 0.25) is 11.8 Å². The molecule has 0 spiro atoms. The highest BCUT2D eigenvalue weighted by Crippen LogP contribution is 2.06. The molecular weight excluding hydrogens is 216 g/mol. The van der Waals surface area contributed by atoms with E-state index in [2.05, 4.69) is 5.32 Å². The van der Waals surface area contributed by atoms with E-state index in [9.17, 15) is 9.59 Å². The first-order chi connectivity index (χ1) is 8.00. The summed E-state index contributed by atoms with van der Waals surface area (Å²) in [7, 11) is 0. The Morgan fingerprint density at radius 2 is 1.82 bits per heavy atom. The first-order valence-electron chi connectivity index (χ1n) is 5.63. The number of amides is 2. The van der Waals surface area contributed by atoms with Crippen molar-refractivity contribution in [3.8, 4) is 0 Å². The largest absolute Gasteiger partial charge is 0.331 e. The van der Waals surface area contributed by atoms with Crippen LogP contribution in [-0.2, 0) is 9.59 Å². The van der Waals surface area contributed by atoms with Crippen LogP contribution in [0.3, 0.4) is 0 Å². The molecule has 0 heterocycles. The minimum absolute atomic E-state index is 0.0222. The molecule has 4 nitrogen and oxygen atoms in total. The summed E-state index contributed by atoms with van der Waals surface area (Å²) >= 11 is 0. The van der Waals surface area contributed by atoms with Gasteiger partial charge in [-0.05, 0) is 26.0 Å². The number of hydrogen-bond acceptors (Lipinski definition) is 2. The fourth-order valence-corrected chi connectivity index (χ4v) is 1.53. The van der Waals surface area contributed by atoms with Crippen molar-refractivity contribution < 1.29 is 9.59 Å². The Kier molecular flexibility index (Phi) is 4.69. The molecule has 0 aliphatic carbocycles. The van der Waals surface area contributed by atoms with Gasteiger partial charge in [0.1, 0.15) is 6.54 Å². The summed E-state index contributed by atoms with van der Waals surface area (Å²) in [4.78, 5) is 24.6. The van der Waals surface area contributed by atoms with E-state index < -0.39 is 0 Å². The third kappa shape index (κ3) is 4.26. The average Bonchev–Trinajstić information content (AvgIpc) is 2.26. The smallest absolute Gasteiger partial charge is 0.244 e. The van der Waals surface area contributed by atoms with Crippen molar-refractivity contribution in [2.45, 2.75) is 26.8 Å². The first-order valence-corrected chi connectivity index (χ1v) is 5.63. The lowest BCUT2D eigenvalue weighted by Crippen LogP contribution is -2.41. The molecule has 0 unspecified atom stereocenters. The number of nitrogens with one attached hydrogen (secondary N) is 1. The predicted molar refractivity (Wildman–Crippen MR) is 67.6 cm³/mol. The molecule has 0 saturated carbocycles. The maximum atomic E-state index is 11.7. The zero-order chi connectivity index (χ0) is 12.8. The topological polar surface area (TPSA) is 49.4 Å². The number of para-hydroxylation sites is 1. The van der Waals surface area contributed by atoms with Crippen LogP contribution in [0.15, 0.2) is 30.3 Å². The fraction of sp³-hybridized carbons (Fsp3) is 0.385. The van der Waals surface area contributed by atoms with E-state index >= 15 is 0 Å². The Bertz CT molecular complexity index is 388. The molecule has 0 aromatic heterocycles. The van der Waals surface area contributed by atoms with Crippen LogP contribution in [0.25, 0.3) is 0 Å². The molecule has 1 N–H and O–H groups in total. The molecule has 1 rings (SSSR count). The van der Waals surface area contributed by atoms with Crippen molar-refractivity contribution in [3.63, 3.8) is 0 Å². The lowest BCUT2D eigenvalue weighted by molar-refractivity contribution is -0.134. The van der Waals surface area contributed by atoms with Crippen LogP contribution in [0, 0.1) is 0 Å². The lowest BCUT2D eigenvalue weighted by Gasteiger charge is -2.24. The van der Waals surface area contributed by atoms with Crippen molar-refractivity contribution in [2.75, 3.05) is 11.9 Å². The summed E-state index contributed by atoms with van der Waals surface area (Å²) in [5, 5.41) is 2.75. The Balaban J connectivity index is 2.57. The van der Waals surface area contributed by atoms with Gasteiger partial charge in [-0.1, -0.05) is 18.2 Å². The fourth-order valence-electron chi connectivity index (χ4n) is 1.53. The SMILES string of the molecule is CC(=O)N(CC(=O)Nc1ccccc1)C(C)C. The van der Waals surface area contributed by atoms with Gasteiger partial charge in [-0.2, -0.15) is 0 Å². The second-order valence-electron chi connectivity index (χ2n) is 4.15. The van der Waals surface area contributed by atoms with Gasteiger partial charge in [0.15, 0.2) is 0 Å². The molecular formula is C13H18N2O2. The van der Waals surface area contributed by atoms with Gasteiger partial charge in [-0.3, -0.25) is 9.59 Å². The number of nitrogens with zero attached hydrogens (tertiary/aromatic N) is 1. The molecule has 92 valence electrons. The van der Waals surface area contributed by atoms with Crippen molar-refractivity contribution in [3.05, 3.63) is 30.3 Å². The van der Waals surface area contributed by atoms with Crippen LogP contribution < -0.4 is 5.32 Å². The number of rotatable bonds is 4. The second-order valence-corrected chi connectivity index (χ2v) is 4.15.